The Morgan fingerprint density at radius 1 is 1.45 bits per heavy atom. The lowest BCUT2D eigenvalue weighted by Gasteiger charge is -2.10. The van der Waals surface area contributed by atoms with Crippen LogP contribution in [0.1, 0.15) is 23.0 Å². The highest BCUT2D eigenvalue weighted by atomic mass is 79.9. The van der Waals surface area contributed by atoms with E-state index in [1.54, 1.807) is 22.9 Å². The van der Waals surface area contributed by atoms with Crippen LogP contribution in [0.25, 0.3) is 0 Å². The van der Waals surface area contributed by atoms with Crippen molar-refractivity contribution in [1.82, 2.24) is 4.57 Å². The Bertz CT molecular complexity index is 667. The normalized spacial score (nSPS) is 10.6. The van der Waals surface area contributed by atoms with E-state index in [9.17, 15) is 4.79 Å². The molecule has 0 aliphatic heterocycles. The van der Waals surface area contributed by atoms with E-state index in [0.29, 0.717) is 28.6 Å². The van der Waals surface area contributed by atoms with Crippen LogP contribution in [0.2, 0.25) is 5.02 Å². The van der Waals surface area contributed by atoms with Crippen molar-refractivity contribution in [2.75, 3.05) is 11.1 Å². The van der Waals surface area contributed by atoms with E-state index in [-0.39, 0.29) is 5.91 Å². The molecule has 0 spiro atoms. The van der Waals surface area contributed by atoms with Gasteiger partial charge in [-0.1, -0.05) is 11.6 Å². The predicted octanol–water partition coefficient (Wildman–Crippen LogP) is 4.07. The number of rotatable bonds is 3. The van der Waals surface area contributed by atoms with Crippen molar-refractivity contribution in [1.29, 1.82) is 0 Å². The quantitative estimate of drug-likeness (QED) is 0.871. The number of benzene rings is 1. The Balaban J connectivity index is 2.30. The summed E-state index contributed by atoms with van der Waals surface area (Å²) in [6.07, 6.45) is 1.74. The van der Waals surface area contributed by atoms with E-state index in [1.807, 2.05) is 19.9 Å². The molecule has 0 saturated carbocycles. The van der Waals surface area contributed by atoms with Gasteiger partial charge in [-0.3, -0.25) is 4.79 Å². The predicted molar refractivity (Wildman–Crippen MR) is 86.4 cm³/mol. The second-order valence-corrected chi connectivity index (χ2v) is 5.74. The lowest BCUT2D eigenvalue weighted by molar-refractivity contribution is 0.101. The maximum Gasteiger partial charge on any atom is 0.272 e. The highest BCUT2D eigenvalue weighted by Crippen LogP contribution is 2.29. The minimum atomic E-state index is -0.218. The van der Waals surface area contributed by atoms with Crippen LogP contribution in [0.15, 0.2) is 28.9 Å². The van der Waals surface area contributed by atoms with Crippen LogP contribution in [0, 0.1) is 6.92 Å². The average molecular weight is 357 g/mol. The number of nitrogens with zero attached hydrogens (tertiary/aromatic N) is 1. The first-order chi connectivity index (χ1) is 9.42. The molecule has 0 aliphatic rings. The Kier molecular flexibility index (Phi) is 4.40. The van der Waals surface area contributed by atoms with Gasteiger partial charge in [0.05, 0.1) is 11.4 Å². The number of nitrogens with two attached hydrogens (primary N) is 1. The van der Waals surface area contributed by atoms with E-state index in [0.717, 1.165) is 10.0 Å². The van der Waals surface area contributed by atoms with Gasteiger partial charge < -0.3 is 15.6 Å². The summed E-state index contributed by atoms with van der Waals surface area (Å²) in [6.45, 7) is 4.53. The van der Waals surface area contributed by atoms with Crippen molar-refractivity contribution in [3.63, 3.8) is 0 Å². The number of anilines is 2. The maximum absolute atomic E-state index is 12.3. The van der Waals surface area contributed by atoms with Crippen LogP contribution in [-0.2, 0) is 6.54 Å². The summed E-state index contributed by atoms with van der Waals surface area (Å²) in [7, 11) is 0. The molecule has 1 heterocycles. The molecule has 0 saturated heterocycles. The van der Waals surface area contributed by atoms with Gasteiger partial charge in [-0.25, -0.2) is 0 Å². The number of halogens is 2. The van der Waals surface area contributed by atoms with Crippen LogP contribution in [0.3, 0.4) is 0 Å². The van der Waals surface area contributed by atoms with Gasteiger partial charge >= 0.3 is 0 Å². The third kappa shape index (κ3) is 2.99. The molecule has 0 unspecified atom stereocenters. The molecule has 106 valence electrons. The van der Waals surface area contributed by atoms with E-state index in [1.165, 1.54) is 0 Å². The Morgan fingerprint density at radius 3 is 2.80 bits per heavy atom. The number of carbonyl (C=O) groups is 1. The minimum absolute atomic E-state index is 0.218. The van der Waals surface area contributed by atoms with Gasteiger partial charge in [-0.2, -0.15) is 0 Å². The largest absolute Gasteiger partial charge is 0.397 e. The van der Waals surface area contributed by atoms with Gasteiger partial charge in [-0.15, -0.1) is 0 Å². The first-order valence-electron chi connectivity index (χ1n) is 6.15. The molecule has 0 atom stereocenters. The topological polar surface area (TPSA) is 60.0 Å². The van der Waals surface area contributed by atoms with Gasteiger partial charge in [0.2, 0.25) is 0 Å². The molecule has 0 aliphatic carbocycles. The summed E-state index contributed by atoms with van der Waals surface area (Å²) in [4.78, 5) is 12.3. The van der Waals surface area contributed by atoms with Crippen LogP contribution in [0.5, 0.6) is 0 Å². The second-order valence-electron chi connectivity index (χ2n) is 4.48. The van der Waals surface area contributed by atoms with Crippen molar-refractivity contribution < 1.29 is 4.79 Å². The SMILES string of the molecule is CCn1cc(N)cc1C(=O)Nc1cc(Cl)c(C)cc1Br. The molecular weight excluding hydrogens is 342 g/mol. The lowest BCUT2D eigenvalue weighted by Crippen LogP contribution is -2.16. The summed E-state index contributed by atoms with van der Waals surface area (Å²) in [5, 5.41) is 3.44. The fraction of sp³-hybridized carbons (Fsp3) is 0.214. The van der Waals surface area contributed by atoms with Crippen molar-refractivity contribution in [3.05, 3.63) is 45.1 Å². The number of aryl methyl sites for hydroxylation is 2. The standard InChI is InChI=1S/C14H15BrClN3O/c1-3-19-7-9(17)5-13(19)14(20)18-12-6-11(16)8(2)4-10(12)15/h4-7H,3,17H2,1-2H3,(H,18,20). The molecule has 1 aromatic heterocycles. The summed E-state index contributed by atoms with van der Waals surface area (Å²) < 4.78 is 2.59. The summed E-state index contributed by atoms with van der Waals surface area (Å²) in [6, 6.07) is 5.25. The Labute approximate surface area is 131 Å². The number of nitrogens with one attached hydrogen (secondary N) is 1. The van der Waals surface area contributed by atoms with Crippen LogP contribution in [-0.4, -0.2) is 10.5 Å². The molecule has 0 fully saturated rings. The van der Waals surface area contributed by atoms with Crippen molar-refractivity contribution in [2.24, 2.45) is 0 Å². The molecule has 4 nitrogen and oxygen atoms in total. The smallest absolute Gasteiger partial charge is 0.272 e. The monoisotopic (exact) mass is 355 g/mol. The third-order valence-corrected chi connectivity index (χ3v) is 4.05. The van der Waals surface area contributed by atoms with Crippen molar-refractivity contribution in [2.45, 2.75) is 20.4 Å². The van der Waals surface area contributed by atoms with E-state index in [2.05, 4.69) is 21.2 Å². The van der Waals surface area contributed by atoms with E-state index >= 15 is 0 Å². The Hall–Kier alpha value is -1.46. The number of nitrogen functional groups attached to an aromatic ring is 1. The second kappa shape index (κ2) is 5.89. The number of hydrogen-bond acceptors (Lipinski definition) is 2. The maximum atomic E-state index is 12.3. The third-order valence-electron chi connectivity index (χ3n) is 2.99. The molecule has 2 aromatic rings. The number of aromatic nitrogens is 1. The van der Waals surface area contributed by atoms with Gasteiger partial charge in [0.1, 0.15) is 5.69 Å². The molecule has 1 aromatic carbocycles. The zero-order chi connectivity index (χ0) is 14.9. The Morgan fingerprint density at radius 2 is 2.15 bits per heavy atom. The molecule has 3 N–H and O–H groups in total. The highest BCUT2D eigenvalue weighted by Gasteiger charge is 2.14. The van der Waals surface area contributed by atoms with Crippen LogP contribution in [0.4, 0.5) is 11.4 Å². The lowest BCUT2D eigenvalue weighted by atomic mass is 10.2. The number of hydrogen-bond donors (Lipinski definition) is 2. The summed E-state index contributed by atoms with van der Waals surface area (Å²) in [5.41, 5.74) is 8.39. The first-order valence-corrected chi connectivity index (χ1v) is 7.32. The minimum Gasteiger partial charge on any atom is -0.397 e. The zero-order valence-corrected chi connectivity index (χ0v) is 13.5. The molecule has 0 radical (unpaired) electrons. The zero-order valence-electron chi connectivity index (χ0n) is 11.2. The molecule has 6 heteroatoms. The molecule has 1 amide bonds. The van der Waals surface area contributed by atoms with Crippen molar-refractivity contribution in [3.8, 4) is 0 Å². The van der Waals surface area contributed by atoms with Gasteiger partial charge in [-0.05, 0) is 53.5 Å². The van der Waals surface area contributed by atoms with Gasteiger partial charge in [0.25, 0.3) is 5.91 Å². The van der Waals surface area contributed by atoms with Crippen LogP contribution >= 0.6 is 27.5 Å². The highest BCUT2D eigenvalue weighted by molar-refractivity contribution is 9.10. The van der Waals surface area contributed by atoms with Crippen LogP contribution < -0.4 is 11.1 Å². The molecule has 2 rings (SSSR count). The van der Waals surface area contributed by atoms with E-state index in [4.69, 9.17) is 17.3 Å². The fourth-order valence-electron chi connectivity index (χ4n) is 1.91. The average Bonchev–Trinajstić information content (AvgIpc) is 2.77. The van der Waals surface area contributed by atoms with E-state index < -0.39 is 0 Å². The molecule has 0 bridgehead atoms. The first kappa shape index (κ1) is 14.9. The summed E-state index contributed by atoms with van der Waals surface area (Å²) >= 11 is 9.50. The number of amides is 1. The number of carbonyl (C=O) groups excluding carboxylic acids is 1. The summed E-state index contributed by atoms with van der Waals surface area (Å²) in [5.74, 6) is -0.218. The molecule has 20 heavy (non-hydrogen) atoms. The molecular formula is C14H15BrClN3O. The van der Waals surface area contributed by atoms with Gasteiger partial charge in [0.15, 0.2) is 0 Å². The van der Waals surface area contributed by atoms with Crippen molar-refractivity contribution >= 4 is 44.8 Å². The fourth-order valence-corrected chi connectivity index (χ4v) is 2.63. The van der Waals surface area contributed by atoms with Gasteiger partial charge in [0, 0.05) is 22.2 Å².